The highest BCUT2D eigenvalue weighted by atomic mass is 35.5. The number of rotatable bonds is 5. The third-order valence-electron chi connectivity index (χ3n) is 4.46. The fourth-order valence-corrected chi connectivity index (χ4v) is 3.47. The van der Waals surface area contributed by atoms with E-state index in [0.717, 1.165) is 16.5 Å². The summed E-state index contributed by atoms with van der Waals surface area (Å²) >= 11 is 6.18. The van der Waals surface area contributed by atoms with Crippen molar-refractivity contribution in [2.75, 3.05) is 18.1 Å². The summed E-state index contributed by atoms with van der Waals surface area (Å²) in [7, 11) is 0. The minimum atomic E-state index is -0.529. The second kappa shape index (κ2) is 6.81. The van der Waals surface area contributed by atoms with Crippen LogP contribution in [0.4, 0.5) is 5.69 Å². The maximum atomic E-state index is 12.2. The molecule has 0 atom stereocenters. The number of hydrogen-bond acceptors (Lipinski definition) is 3. The van der Waals surface area contributed by atoms with Gasteiger partial charge in [0.05, 0.1) is 22.9 Å². The fourth-order valence-electron chi connectivity index (χ4n) is 3.20. The van der Waals surface area contributed by atoms with Crippen LogP contribution in [-0.2, 0) is 4.79 Å². The molecule has 0 saturated heterocycles. The van der Waals surface area contributed by atoms with Gasteiger partial charge in [0.2, 0.25) is 0 Å². The van der Waals surface area contributed by atoms with Crippen molar-refractivity contribution >= 4 is 39.8 Å². The number of ether oxygens (including phenoxy) is 1. The number of nitrogens with zero attached hydrogens (tertiary/aromatic N) is 1. The molecular formula is C21H16ClNO3. The van der Waals surface area contributed by atoms with Gasteiger partial charge in [-0.15, -0.1) is 0 Å². The Hall–Kier alpha value is -2.85. The molecule has 0 unspecified atom stereocenters. The Morgan fingerprint density at radius 1 is 0.923 bits per heavy atom. The maximum absolute atomic E-state index is 12.2. The molecule has 26 heavy (non-hydrogen) atoms. The van der Waals surface area contributed by atoms with E-state index in [1.54, 1.807) is 18.2 Å². The van der Waals surface area contributed by atoms with E-state index in [-0.39, 0.29) is 0 Å². The molecule has 3 aromatic carbocycles. The Labute approximate surface area is 155 Å². The molecule has 0 aliphatic carbocycles. The molecule has 0 saturated carbocycles. The van der Waals surface area contributed by atoms with Crippen molar-refractivity contribution in [3.63, 3.8) is 0 Å². The lowest BCUT2D eigenvalue weighted by atomic mass is 10.1. The van der Waals surface area contributed by atoms with Gasteiger partial charge in [0.1, 0.15) is 5.75 Å². The highest BCUT2D eigenvalue weighted by Crippen LogP contribution is 2.35. The number of ketones is 1. The number of carbonyl (C=O) groups is 2. The largest absolute Gasteiger partial charge is 0.494 e. The van der Waals surface area contributed by atoms with Crippen LogP contribution in [0.25, 0.3) is 10.8 Å². The summed E-state index contributed by atoms with van der Waals surface area (Å²) in [6, 6.07) is 19.0. The van der Waals surface area contributed by atoms with Crippen LogP contribution in [-0.4, -0.2) is 24.8 Å². The number of carbonyl (C=O) groups excluding carboxylic acids is 2. The van der Waals surface area contributed by atoms with Crippen molar-refractivity contribution in [1.82, 2.24) is 0 Å². The molecule has 1 amide bonds. The van der Waals surface area contributed by atoms with Crippen molar-refractivity contribution in [3.05, 3.63) is 71.2 Å². The number of hydrogen-bond donors (Lipinski definition) is 0. The molecule has 5 heteroatoms. The van der Waals surface area contributed by atoms with Crippen molar-refractivity contribution in [2.24, 2.45) is 0 Å². The van der Waals surface area contributed by atoms with E-state index in [1.807, 2.05) is 36.4 Å². The van der Waals surface area contributed by atoms with Crippen LogP contribution in [0.5, 0.6) is 5.75 Å². The maximum Gasteiger partial charge on any atom is 0.299 e. The van der Waals surface area contributed by atoms with Gasteiger partial charge in [0.25, 0.3) is 11.7 Å². The van der Waals surface area contributed by atoms with Gasteiger partial charge in [-0.2, -0.15) is 0 Å². The van der Waals surface area contributed by atoms with Gasteiger partial charge in [-0.3, -0.25) is 9.59 Å². The molecule has 4 rings (SSSR count). The quantitative estimate of drug-likeness (QED) is 0.494. The molecule has 0 bridgehead atoms. The average Bonchev–Trinajstić information content (AvgIpc) is 2.91. The number of amides is 1. The van der Waals surface area contributed by atoms with Crippen LogP contribution >= 0.6 is 11.6 Å². The topological polar surface area (TPSA) is 46.6 Å². The first-order chi connectivity index (χ1) is 12.6. The van der Waals surface area contributed by atoms with Gasteiger partial charge in [-0.05, 0) is 41.5 Å². The summed E-state index contributed by atoms with van der Waals surface area (Å²) in [5, 5.41) is 2.69. The number of Topliss-reactive ketones (excluding diaryl/α,β-unsaturated/α-hetero) is 1. The highest BCUT2D eigenvalue weighted by molar-refractivity contribution is 6.54. The molecule has 1 aliphatic rings. The zero-order chi connectivity index (χ0) is 18.1. The van der Waals surface area contributed by atoms with Gasteiger partial charge in [-0.1, -0.05) is 48.0 Å². The van der Waals surface area contributed by atoms with Gasteiger partial charge in [0, 0.05) is 6.54 Å². The lowest BCUT2D eigenvalue weighted by Gasteiger charge is -2.17. The molecule has 1 heterocycles. The van der Waals surface area contributed by atoms with Crippen LogP contribution in [0.1, 0.15) is 16.8 Å². The lowest BCUT2D eigenvalue weighted by Crippen LogP contribution is -2.31. The summed E-state index contributed by atoms with van der Waals surface area (Å²) in [4.78, 5) is 25.7. The van der Waals surface area contributed by atoms with E-state index in [1.165, 1.54) is 4.90 Å². The molecule has 0 N–H and O–H groups in total. The summed E-state index contributed by atoms with van der Waals surface area (Å²) < 4.78 is 5.80. The highest BCUT2D eigenvalue weighted by Gasteiger charge is 2.36. The molecule has 0 aromatic heterocycles. The Morgan fingerprint density at radius 2 is 1.73 bits per heavy atom. The van der Waals surface area contributed by atoms with Gasteiger partial charge < -0.3 is 9.64 Å². The van der Waals surface area contributed by atoms with Crippen molar-refractivity contribution < 1.29 is 14.3 Å². The number of benzene rings is 3. The first-order valence-electron chi connectivity index (χ1n) is 8.41. The van der Waals surface area contributed by atoms with E-state index < -0.39 is 11.7 Å². The predicted molar refractivity (Wildman–Crippen MR) is 102 cm³/mol. The number of fused-ring (bicyclic) bond motifs is 2. The van der Waals surface area contributed by atoms with E-state index >= 15 is 0 Å². The number of para-hydroxylation sites is 1. The molecule has 0 spiro atoms. The number of halogens is 1. The first-order valence-corrected chi connectivity index (χ1v) is 8.79. The van der Waals surface area contributed by atoms with Crippen LogP contribution in [0.15, 0.2) is 60.7 Å². The minimum Gasteiger partial charge on any atom is -0.494 e. The molecule has 130 valence electrons. The van der Waals surface area contributed by atoms with Gasteiger partial charge in [0.15, 0.2) is 0 Å². The Morgan fingerprint density at radius 3 is 2.58 bits per heavy atom. The normalized spacial score (nSPS) is 13.3. The Balaban J connectivity index is 1.40. The number of anilines is 1. The summed E-state index contributed by atoms with van der Waals surface area (Å²) in [5.41, 5.74) is 0.882. The minimum absolute atomic E-state index is 0.373. The van der Waals surface area contributed by atoms with Gasteiger partial charge >= 0.3 is 0 Å². The molecule has 4 nitrogen and oxygen atoms in total. The van der Waals surface area contributed by atoms with E-state index in [2.05, 4.69) is 6.07 Å². The average molecular weight is 366 g/mol. The summed E-state index contributed by atoms with van der Waals surface area (Å²) in [6.45, 7) is 0.824. The van der Waals surface area contributed by atoms with Crippen LogP contribution in [0.2, 0.25) is 5.02 Å². The van der Waals surface area contributed by atoms with Crippen LogP contribution in [0, 0.1) is 0 Å². The smallest absolute Gasteiger partial charge is 0.299 e. The first kappa shape index (κ1) is 16.6. The lowest BCUT2D eigenvalue weighted by molar-refractivity contribution is -0.114. The zero-order valence-electron chi connectivity index (χ0n) is 13.9. The second-order valence-electron chi connectivity index (χ2n) is 6.13. The molecule has 1 aliphatic heterocycles. The Bertz CT molecular complexity index is 1020. The SMILES string of the molecule is O=C1C(=O)N(CCCOc2ccc3ccccc3c2)c2c(Cl)cccc21. The molecular weight excluding hydrogens is 350 g/mol. The third kappa shape index (κ3) is 2.93. The van der Waals surface area contributed by atoms with Crippen LogP contribution in [0.3, 0.4) is 0 Å². The van der Waals surface area contributed by atoms with Crippen LogP contribution < -0.4 is 9.64 Å². The second-order valence-corrected chi connectivity index (χ2v) is 6.54. The zero-order valence-corrected chi connectivity index (χ0v) is 14.7. The fraction of sp³-hybridized carbons (Fsp3) is 0.143. The standard InChI is InChI=1S/C21H16ClNO3/c22-18-8-3-7-17-19(18)23(21(25)20(17)24)11-4-12-26-16-10-9-14-5-1-2-6-15(14)13-16/h1-3,5-10,13H,4,11-12H2. The Kier molecular flexibility index (Phi) is 4.35. The van der Waals surface area contributed by atoms with Crippen molar-refractivity contribution in [1.29, 1.82) is 0 Å². The summed E-state index contributed by atoms with van der Waals surface area (Å²) in [5.74, 6) is -0.247. The van der Waals surface area contributed by atoms with Gasteiger partial charge in [-0.25, -0.2) is 0 Å². The van der Waals surface area contributed by atoms with E-state index in [9.17, 15) is 9.59 Å². The molecule has 0 radical (unpaired) electrons. The van der Waals surface area contributed by atoms with Crippen molar-refractivity contribution in [3.8, 4) is 5.75 Å². The molecule has 3 aromatic rings. The predicted octanol–water partition coefficient (Wildman–Crippen LogP) is 4.49. The molecule has 0 fully saturated rings. The van der Waals surface area contributed by atoms with E-state index in [4.69, 9.17) is 16.3 Å². The monoisotopic (exact) mass is 365 g/mol. The summed E-state index contributed by atoms with van der Waals surface area (Å²) in [6.07, 6.45) is 0.594. The van der Waals surface area contributed by atoms with Crippen molar-refractivity contribution in [2.45, 2.75) is 6.42 Å². The van der Waals surface area contributed by atoms with E-state index in [0.29, 0.717) is 35.8 Å². The third-order valence-corrected chi connectivity index (χ3v) is 4.76.